The lowest BCUT2D eigenvalue weighted by Gasteiger charge is -2.03. The molecule has 0 atom stereocenters. The third-order valence-electron chi connectivity index (χ3n) is 2.74. The van der Waals surface area contributed by atoms with Crippen LogP contribution in [0.15, 0.2) is 42.5 Å². The molecule has 0 N–H and O–H groups in total. The predicted octanol–water partition coefficient (Wildman–Crippen LogP) is 3.81. The van der Waals surface area contributed by atoms with Crippen LogP contribution in [0.1, 0.15) is 15.9 Å². The first kappa shape index (κ1) is 14.1. The van der Waals surface area contributed by atoms with Crippen LogP contribution >= 0.6 is 11.6 Å². The normalized spacial score (nSPS) is 10.3. The van der Waals surface area contributed by atoms with Crippen molar-refractivity contribution in [2.45, 2.75) is 6.42 Å². The fourth-order valence-electron chi connectivity index (χ4n) is 1.73. The minimum atomic E-state index is -0.676. The van der Waals surface area contributed by atoms with Crippen LogP contribution in [-0.2, 0) is 6.42 Å². The largest absolute Gasteiger partial charge is 0.294 e. The molecule has 0 fully saturated rings. The van der Waals surface area contributed by atoms with Crippen LogP contribution in [0.3, 0.4) is 0 Å². The first-order valence-electron chi connectivity index (χ1n) is 5.69. The molecule has 0 saturated carbocycles. The molecule has 4 nitrogen and oxygen atoms in total. The van der Waals surface area contributed by atoms with Gasteiger partial charge in [0.25, 0.3) is 5.69 Å². The Morgan fingerprint density at radius 1 is 1.20 bits per heavy atom. The zero-order chi connectivity index (χ0) is 14.7. The average Bonchev–Trinajstić information content (AvgIpc) is 2.39. The Morgan fingerprint density at radius 2 is 1.85 bits per heavy atom. The van der Waals surface area contributed by atoms with Gasteiger partial charge in [-0.05, 0) is 23.8 Å². The van der Waals surface area contributed by atoms with E-state index in [0.29, 0.717) is 5.56 Å². The lowest BCUT2D eigenvalue weighted by Crippen LogP contribution is -2.06. The maximum Gasteiger partial charge on any atom is 0.269 e. The average molecular weight is 294 g/mol. The molecule has 0 spiro atoms. The molecule has 0 radical (unpaired) electrons. The van der Waals surface area contributed by atoms with Gasteiger partial charge in [0.15, 0.2) is 5.78 Å². The van der Waals surface area contributed by atoms with Crippen molar-refractivity contribution >= 4 is 23.1 Å². The van der Waals surface area contributed by atoms with E-state index in [2.05, 4.69) is 0 Å². The molecule has 102 valence electrons. The fraction of sp³-hybridized carbons (Fsp3) is 0.0714. The van der Waals surface area contributed by atoms with Gasteiger partial charge in [-0.3, -0.25) is 14.9 Å². The summed E-state index contributed by atoms with van der Waals surface area (Å²) in [4.78, 5) is 21.9. The summed E-state index contributed by atoms with van der Waals surface area (Å²) in [6.45, 7) is 0. The molecule has 0 aliphatic heterocycles. The Hall–Kier alpha value is -2.27. The number of Topliss-reactive ketones (excluding diaryl/α,β-unsaturated/α-hetero) is 1. The van der Waals surface area contributed by atoms with E-state index in [1.165, 1.54) is 36.4 Å². The van der Waals surface area contributed by atoms with E-state index in [9.17, 15) is 19.3 Å². The molecule has 2 aromatic rings. The molecule has 0 aliphatic rings. The minimum absolute atomic E-state index is 0.0312. The molecule has 0 aromatic heterocycles. The molecule has 0 unspecified atom stereocenters. The van der Waals surface area contributed by atoms with Crippen molar-refractivity contribution in [3.8, 4) is 0 Å². The summed E-state index contributed by atoms with van der Waals surface area (Å²) < 4.78 is 13.6. The summed E-state index contributed by atoms with van der Waals surface area (Å²) >= 11 is 5.61. The zero-order valence-corrected chi connectivity index (χ0v) is 10.9. The van der Waals surface area contributed by atoms with Crippen molar-refractivity contribution in [1.82, 2.24) is 0 Å². The Bertz CT molecular complexity index is 671. The molecule has 6 heteroatoms. The number of nitro groups is 1. The number of hydrogen-bond donors (Lipinski definition) is 0. The molecule has 2 aromatic carbocycles. The maximum atomic E-state index is 13.6. The van der Waals surface area contributed by atoms with E-state index in [-0.39, 0.29) is 22.7 Å². The van der Waals surface area contributed by atoms with Gasteiger partial charge in [-0.2, -0.15) is 0 Å². The van der Waals surface area contributed by atoms with Gasteiger partial charge in [0.1, 0.15) is 5.82 Å². The van der Waals surface area contributed by atoms with Crippen molar-refractivity contribution in [2.24, 2.45) is 0 Å². The predicted molar refractivity (Wildman–Crippen MR) is 72.5 cm³/mol. The molecule has 0 saturated heterocycles. The van der Waals surface area contributed by atoms with Gasteiger partial charge in [-0.1, -0.05) is 23.7 Å². The number of carbonyl (C=O) groups excluding carboxylic acids is 1. The van der Waals surface area contributed by atoms with Gasteiger partial charge in [0, 0.05) is 23.6 Å². The lowest BCUT2D eigenvalue weighted by atomic mass is 10.0. The molecule has 0 amide bonds. The van der Waals surface area contributed by atoms with Crippen LogP contribution in [-0.4, -0.2) is 10.7 Å². The highest BCUT2D eigenvalue weighted by molar-refractivity contribution is 6.30. The maximum absolute atomic E-state index is 13.6. The second kappa shape index (κ2) is 5.79. The monoisotopic (exact) mass is 293 g/mol. The first-order valence-corrected chi connectivity index (χ1v) is 6.07. The smallest absolute Gasteiger partial charge is 0.269 e. The number of rotatable bonds is 4. The number of carbonyl (C=O) groups is 1. The van der Waals surface area contributed by atoms with Crippen LogP contribution in [0.2, 0.25) is 5.02 Å². The van der Waals surface area contributed by atoms with E-state index in [0.717, 1.165) is 6.07 Å². The summed E-state index contributed by atoms with van der Waals surface area (Å²) in [7, 11) is 0. The van der Waals surface area contributed by atoms with Crippen molar-refractivity contribution in [3.63, 3.8) is 0 Å². The molecular formula is C14H9ClFNO3. The molecule has 0 heterocycles. The minimum Gasteiger partial charge on any atom is -0.294 e. The van der Waals surface area contributed by atoms with E-state index in [1.54, 1.807) is 0 Å². The van der Waals surface area contributed by atoms with Crippen LogP contribution in [0.4, 0.5) is 10.1 Å². The SMILES string of the molecule is O=C(Cc1ccc([N+](=O)[O-])cc1)c1ccc(Cl)cc1F. The Balaban J connectivity index is 2.17. The third kappa shape index (κ3) is 3.19. The lowest BCUT2D eigenvalue weighted by molar-refractivity contribution is -0.384. The number of benzene rings is 2. The standard InChI is InChI=1S/C14H9ClFNO3/c15-10-3-6-12(13(16)8-10)14(18)7-9-1-4-11(5-2-9)17(19)20/h1-6,8H,7H2. The summed E-state index contributed by atoms with van der Waals surface area (Å²) in [6, 6.07) is 9.40. The van der Waals surface area contributed by atoms with Crippen molar-refractivity contribution in [3.05, 3.63) is 74.5 Å². The first-order chi connectivity index (χ1) is 9.47. The molecular weight excluding hydrogens is 285 g/mol. The summed E-state index contributed by atoms with van der Waals surface area (Å²) in [5.41, 5.74) is 0.474. The van der Waals surface area contributed by atoms with E-state index in [4.69, 9.17) is 11.6 Å². The molecule has 0 bridgehead atoms. The summed E-state index contributed by atoms with van der Waals surface area (Å²) in [5, 5.41) is 10.7. The van der Waals surface area contributed by atoms with E-state index >= 15 is 0 Å². The van der Waals surface area contributed by atoms with E-state index < -0.39 is 16.5 Å². The number of hydrogen-bond acceptors (Lipinski definition) is 3. The topological polar surface area (TPSA) is 60.2 Å². The van der Waals surface area contributed by atoms with Crippen molar-refractivity contribution < 1.29 is 14.1 Å². The Kier molecular flexibility index (Phi) is 4.10. The van der Waals surface area contributed by atoms with Gasteiger partial charge < -0.3 is 0 Å². The number of non-ortho nitro benzene ring substituents is 1. The van der Waals surface area contributed by atoms with E-state index in [1.807, 2.05) is 0 Å². The molecule has 0 aliphatic carbocycles. The molecule has 2 rings (SSSR count). The fourth-order valence-corrected chi connectivity index (χ4v) is 1.89. The number of nitro benzene ring substituents is 1. The van der Waals surface area contributed by atoms with Gasteiger partial charge in [-0.15, -0.1) is 0 Å². The Morgan fingerprint density at radius 3 is 2.40 bits per heavy atom. The quantitative estimate of drug-likeness (QED) is 0.489. The number of ketones is 1. The summed E-state index contributed by atoms with van der Waals surface area (Å²) in [6.07, 6.45) is -0.0312. The highest BCUT2D eigenvalue weighted by atomic mass is 35.5. The molecule has 20 heavy (non-hydrogen) atoms. The van der Waals surface area contributed by atoms with Crippen LogP contribution in [0.25, 0.3) is 0 Å². The van der Waals surface area contributed by atoms with Gasteiger partial charge in [0.05, 0.1) is 10.5 Å². The van der Waals surface area contributed by atoms with Crippen LogP contribution in [0, 0.1) is 15.9 Å². The number of nitrogens with zero attached hydrogens (tertiary/aromatic N) is 1. The Labute approximate surface area is 119 Å². The summed E-state index contributed by atoms with van der Waals surface area (Å²) in [5.74, 6) is -1.09. The van der Waals surface area contributed by atoms with Crippen LogP contribution in [0.5, 0.6) is 0 Å². The van der Waals surface area contributed by atoms with Gasteiger partial charge in [-0.25, -0.2) is 4.39 Å². The zero-order valence-electron chi connectivity index (χ0n) is 10.2. The van der Waals surface area contributed by atoms with Crippen molar-refractivity contribution in [2.75, 3.05) is 0 Å². The van der Waals surface area contributed by atoms with Gasteiger partial charge >= 0.3 is 0 Å². The third-order valence-corrected chi connectivity index (χ3v) is 2.98. The highest BCUT2D eigenvalue weighted by Crippen LogP contribution is 2.18. The van der Waals surface area contributed by atoms with Crippen LogP contribution < -0.4 is 0 Å². The highest BCUT2D eigenvalue weighted by Gasteiger charge is 2.13. The van der Waals surface area contributed by atoms with Crippen molar-refractivity contribution in [1.29, 1.82) is 0 Å². The second-order valence-electron chi connectivity index (χ2n) is 4.15. The van der Waals surface area contributed by atoms with Gasteiger partial charge in [0.2, 0.25) is 0 Å². The second-order valence-corrected chi connectivity index (χ2v) is 4.58. The number of halogens is 2.